The first-order valence-electron chi connectivity index (χ1n) is 9.38. The molecule has 24 heavy (non-hydrogen) atoms. The van der Waals surface area contributed by atoms with E-state index in [4.69, 9.17) is 4.98 Å². The van der Waals surface area contributed by atoms with Crippen molar-refractivity contribution in [3.05, 3.63) is 16.8 Å². The Hall–Kier alpha value is -1.20. The number of piperidine rings is 1. The minimum atomic E-state index is 0.717. The van der Waals surface area contributed by atoms with Gasteiger partial charge in [0.25, 0.3) is 0 Å². The molecule has 1 saturated carbocycles. The summed E-state index contributed by atoms with van der Waals surface area (Å²) in [6.45, 7) is 9.38. The van der Waals surface area contributed by atoms with Crippen molar-refractivity contribution in [2.45, 2.75) is 45.6 Å². The highest BCUT2D eigenvalue weighted by Gasteiger charge is 2.38. The van der Waals surface area contributed by atoms with Crippen molar-refractivity contribution >= 4 is 27.4 Å². The molecule has 5 heteroatoms. The molecule has 0 radical (unpaired) electrons. The molecule has 2 bridgehead atoms. The van der Waals surface area contributed by atoms with Gasteiger partial charge in [0, 0.05) is 37.1 Å². The lowest BCUT2D eigenvalue weighted by Gasteiger charge is -2.36. The molecule has 0 unspecified atom stereocenters. The molecule has 5 heterocycles. The van der Waals surface area contributed by atoms with Gasteiger partial charge in [0.1, 0.15) is 17.0 Å². The van der Waals surface area contributed by atoms with Gasteiger partial charge < -0.3 is 4.90 Å². The van der Waals surface area contributed by atoms with Crippen LogP contribution in [0.5, 0.6) is 0 Å². The first-order chi connectivity index (χ1) is 11.7. The quantitative estimate of drug-likeness (QED) is 0.853. The van der Waals surface area contributed by atoms with Crippen molar-refractivity contribution in [1.82, 2.24) is 14.9 Å². The number of hydrogen-bond acceptors (Lipinski definition) is 5. The molecule has 3 aliphatic heterocycles. The van der Waals surface area contributed by atoms with Gasteiger partial charge in [-0.3, -0.25) is 4.90 Å². The van der Waals surface area contributed by atoms with Gasteiger partial charge in [-0.05, 0) is 56.9 Å². The fraction of sp³-hybridized carbons (Fsp3) is 0.684. The maximum absolute atomic E-state index is 4.74. The number of thiophene rings is 1. The largest absolute Gasteiger partial charge is 0.354 e. The first kappa shape index (κ1) is 15.1. The predicted molar refractivity (Wildman–Crippen MR) is 99.9 cm³/mol. The average Bonchev–Trinajstić information content (AvgIpc) is 3.38. The number of aryl methyl sites for hydroxylation is 2. The Morgan fingerprint density at radius 1 is 1.08 bits per heavy atom. The molecule has 128 valence electrons. The summed E-state index contributed by atoms with van der Waals surface area (Å²) >= 11 is 1.81. The molecular formula is C19H26N4S. The van der Waals surface area contributed by atoms with E-state index in [2.05, 4.69) is 28.6 Å². The van der Waals surface area contributed by atoms with Crippen molar-refractivity contribution in [3.8, 4) is 0 Å². The van der Waals surface area contributed by atoms with E-state index in [0.29, 0.717) is 0 Å². The Labute approximate surface area is 147 Å². The van der Waals surface area contributed by atoms with Gasteiger partial charge >= 0.3 is 0 Å². The number of hydrogen-bond donors (Lipinski definition) is 0. The third-order valence-corrected chi connectivity index (χ3v) is 7.38. The van der Waals surface area contributed by atoms with E-state index in [-0.39, 0.29) is 0 Å². The average molecular weight is 343 g/mol. The van der Waals surface area contributed by atoms with Crippen LogP contribution < -0.4 is 4.90 Å². The van der Waals surface area contributed by atoms with Gasteiger partial charge in [0.2, 0.25) is 0 Å². The second-order valence-corrected chi connectivity index (χ2v) is 9.26. The molecule has 4 fully saturated rings. The zero-order chi connectivity index (χ0) is 16.3. The Kier molecular flexibility index (Phi) is 3.56. The van der Waals surface area contributed by atoms with Crippen LogP contribution in [-0.2, 0) is 0 Å². The van der Waals surface area contributed by atoms with Gasteiger partial charge in [-0.2, -0.15) is 0 Å². The number of rotatable bonds is 3. The van der Waals surface area contributed by atoms with Crippen LogP contribution in [0.3, 0.4) is 0 Å². The molecule has 4 nitrogen and oxygen atoms in total. The topological polar surface area (TPSA) is 32.3 Å². The Bertz CT molecular complexity index is 766. The summed E-state index contributed by atoms with van der Waals surface area (Å²) in [5.41, 5.74) is 1.37. The van der Waals surface area contributed by atoms with Crippen LogP contribution in [0.15, 0.2) is 6.33 Å². The van der Waals surface area contributed by atoms with E-state index >= 15 is 0 Å². The molecule has 0 amide bonds. The molecule has 0 aromatic carbocycles. The first-order valence-corrected chi connectivity index (χ1v) is 10.2. The number of nitrogens with zero attached hydrogens (tertiary/aromatic N) is 4. The zero-order valence-electron chi connectivity index (χ0n) is 14.7. The normalized spacial score (nSPS) is 27.8. The predicted octanol–water partition coefficient (Wildman–Crippen LogP) is 3.62. The minimum Gasteiger partial charge on any atom is -0.354 e. The molecule has 1 aliphatic carbocycles. The molecule has 0 N–H and O–H groups in total. The monoisotopic (exact) mass is 342 g/mol. The van der Waals surface area contributed by atoms with Gasteiger partial charge in [0.15, 0.2) is 0 Å². The van der Waals surface area contributed by atoms with Gasteiger partial charge in [-0.1, -0.05) is 0 Å². The van der Waals surface area contributed by atoms with Gasteiger partial charge in [0.05, 0.1) is 5.39 Å². The summed E-state index contributed by atoms with van der Waals surface area (Å²) in [7, 11) is 0. The second-order valence-electron chi connectivity index (χ2n) is 8.06. The van der Waals surface area contributed by atoms with Crippen LogP contribution in [0.2, 0.25) is 0 Å². The van der Waals surface area contributed by atoms with Crippen LogP contribution in [0, 0.1) is 25.7 Å². The lowest BCUT2D eigenvalue weighted by atomic mass is 9.95. The van der Waals surface area contributed by atoms with Gasteiger partial charge in [-0.15, -0.1) is 11.3 Å². The summed E-state index contributed by atoms with van der Waals surface area (Å²) in [6, 6.07) is 0.717. The fourth-order valence-corrected chi connectivity index (χ4v) is 5.60. The highest BCUT2D eigenvalue weighted by atomic mass is 32.1. The molecule has 0 spiro atoms. The standard InChI is InChI=1S/C19H26N4S/c1-12-13(2)24-19-17(12)18(20-11-21-19)23-9-15-5-6-16(10-23)22(8-15)7-14-3-4-14/h11,14-16H,3-10H2,1-2H3/t15-,16-/m0/s1. The fourth-order valence-electron chi connectivity index (χ4n) is 4.61. The van der Waals surface area contributed by atoms with Crippen molar-refractivity contribution in [1.29, 1.82) is 0 Å². The van der Waals surface area contributed by atoms with Crippen molar-refractivity contribution in [2.75, 3.05) is 31.1 Å². The Morgan fingerprint density at radius 2 is 1.96 bits per heavy atom. The van der Waals surface area contributed by atoms with Crippen LogP contribution >= 0.6 is 11.3 Å². The van der Waals surface area contributed by atoms with Crippen molar-refractivity contribution in [2.24, 2.45) is 11.8 Å². The lowest BCUT2D eigenvalue weighted by Crippen LogP contribution is -2.44. The second kappa shape index (κ2) is 5.67. The molecule has 4 aliphatic rings. The third-order valence-electron chi connectivity index (χ3n) is 6.26. The van der Waals surface area contributed by atoms with Crippen LogP contribution in [0.4, 0.5) is 5.82 Å². The molecular weight excluding hydrogens is 316 g/mol. The van der Waals surface area contributed by atoms with E-state index in [1.807, 2.05) is 11.3 Å². The Balaban J connectivity index is 1.49. The summed E-state index contributed by atoms with van der Waals surface area (Å²) < 4.78 is 0. The zero-order valence-corrected chi connectivity index (χ0v) is 15.5. The molecule has 2 aromatic heterocycles. The van der Waals surface area contributed by atoms with E-state index in [1.165, 1.54) is 60.4 Å². The maximum atomic E-state index is 4.74. The third kappa shape index (κ3) is 2.53. The smallest absolute Gasteiger partial charge is 0.141 e. The van der Waals surface area contributed by atoms with Gasteiger partial charge in [-0.25, -0.2) is 9.97 Å². The summed E-state index contributed by atoms with van der Waals surface area (Å²) in [4.78, 5) is 17.2. The number of aromatic nitrogens is 2. The van der Waals surface area contributed by atoms with E-state index < -0.39 is 0 Å². The molecule has 3 saturated heterocycles. The van der Waals surface area contributed by atoms with Crippen LogP contribution in [0.1, 0.15) is 36.1 Å². The van der Waals surface area contributed by atoms with Crippen molar-refractivity contribution < 1.29 is 0 Å². The highest BCUT2D eigenvalue weighted by molar-refractivity contribution is 7.18. The number of anilines is 1. The molecule has 2 aromatic rings. The van der Waals surface area contributed by atoms with E-state index in [0.717, 1.165) is 35.8 Å². The molecule has 2 atom stereocenters. The van der Waals surface area contributed by atoms with Crippen LogP contribution in [-0.4, -0.2) is 47.1 Å². The SMILES string of the molecule is Cc1sc2ncnc(N3C[C@H]4CC[C@@H](C3)N(CC3CC3)C4)c2c1C. The van der Waals surface area contributed by atoms with Crippen LogP contribution in [0.25, 0.3) is 10.2 Å². The minimum absolute atomic E-state index is 0.717. The van der Waals surface area contributed by atoms with E-state index in [9.17, 15) is 0 Å². The highest BCUT2D eigenvalue weighted by Crippen LogP contribution is 2.38. The maximum Gasteiger partial charge on any atom is 0.141 e. The number of fused-ring (bicyclic) bond motifs is 5. The molecule has 6 rings (SSSR count). The lowest BCUT2D eigenvalue weighted by molar-refractivity contribution is 0.128. The Morgan fingerprint density at radius 3 is 2.79 bits per heavy atom. The van der Waals surface area contributed by atoms with Crippen molar-refractivity contribution in [3.63, 3.8) is 0 Å². The summed E-state index contributed by atoms with van der Waals surface area (Å²) in [6.07, 6.45) is 7.43. The summed E-state index contributed by atoms with van der Waals surface area (Å²) in [5, 5.41) is 1.30. The van der Waals surface area contributed by atoms with E-state index in [1.54, 1.807) is 6.33 Å². The summed E-state index contributed by atoms with van der Waals surface area (Å²) in [5.74, 6) is 2.98.